The van der Waals surface area contributed by atoms with Gasteiger partial charge in [-0.2, -0.15) is 0 Å². The van der Waals surface area contributed by atoms with Crippen LogP contribution in [0.5, 0.6) is 5.75 Å². The Kier molecular flexibility index (Phi) is 5.73. The number of amides is 1. The molecule has 0 saturated heterocycles. The van der Waals surface area contributed by atoms with Crippen LogP contribution in [0.1, 0.15) is 21.5 Å². The van der Waals surface area contributed by atoms with E-state index in [1.165, 1.54) is 13.2 Å². The summed E-state index contributed by atoms with van der Waals surface area (Å²) >= 11 is 0. The summed E-state index contributed by atoms with van der Waals surface area (Å²) in [7, 11) is 2.92. The van der Waals surface area contributed by atoms with Crippen molar-refractivity contribution in [2.45, 2.75) is 6.92 Å². The van der Waals surface area contributed by atoms with Crippen molar-refractivity contribution in [3.8, 4) is 5.75 Å². The molecule has 0 bridgehead atoms. The van der Waals surface area contributed by atoms with Crippen molar-refractivity contribution < 1.29 is 19.1 Å². The van der Waals surface area contributed by atoms with E-state index in [0.29, 0.717) is 16.8 Å². The van der Waals surface area contributed by atoms with Crippen LogP contribution >= 0.6 is 0 Å². The van der Waals surface area contributed by atoms with E-state index in [1.54, 1.807) is 38.3 Å². The third-order valence-corrected chi connectivity index (χ3v) is 3.54. The molecule has 2 rings (SSSR count). The second-order valence-electron chi connectivity index (χ2n) is 5.07. The minimum atomic E-state index is -0.433. The highest BCUT2D eigenvalue weighted by Gasteiger charge is 2.12. The van der Waals surface area contributed by atoms with Gasteiger partial charge in [0.15, 0.2) is 0 Å². The average Bonchev–Trinajstić information content (AvgIpc) is 2.61. The number of anilines is 1. The van der Waals surface area contributed by atoms with Gasteiger partial charge in [-0.25, -0.2) is 4.79 Å². The maximum Gasteiger partial charge on any atom is 0.338 e. The van der Waals surface area contributed by atoms with Crippen molar-refractivity contribution >= 4 is 23.6 Å². The van der Waals surface area contributed by atoms with Gasteiger partial charge in [0.25, 0.3) is 0 Å². The summed E-state index contributed by atoms with van der Waals surface area (Å²) < 4.78 is 9.81. The summed E-state index contributed by atoms with van der Waals surface area (Å²) in [4.78, 5) is 23.7. The van der Waals surface area contributed by atoms with Gasteiger partial charge in [0, 0.05) is 11.8 Å². The van der Waals surface area contributed by atoms with Crippen molar-refractivity contribution in [2.24, 2.45) is 0 Å². The maximum atomic E-state index is 12.1. The van der Waals surface area contributed by atoms with Gasteiger partial charge in [0.2, 0.25) is 5.91 Å². The number of carbonyl (C=O) groups excluding carboxylic acids is 2. The molecule has 2 aromatic carbocycles. The van der Waals surface area contributed by atoms with Crippen LogP contribution in [0.15, 0.2) is 48.5 Å². The number of benzene rings is 2. The van der Waals surface area contributed by atoms with Crippen LogP contribution in [-0.2, 0) is 9.53 Å². The largest absolute Gasteiger partial charge is 0.497 e. The van der Waals surface area contributed by atoms with E-state index < -0.39 is 5.97 Å². The Bertz CT molecular complexity index is 763. The van der Waals surface area contributed by atoms with E-state index in [9.17, 15) is 9.59 Å². The smallest absolute Gasteiger partial charge is 0.338 e. The first-order valence-electron chi connectivity index (χ1n) is 7.36. The highest BCUT2D eigenvalue weighted by molar-refractivity contribution is 6.03. The van der Waals surface area contributed by atoms with Gasteiger partial charge in [0.05, 0.1) is 19.8 Å². The number of nitrogens with one attached hydrogen (secondary N) is 1. The summed E-state index contributed by atoms with van der Waals surface area (Å²) in [5, 5.41) is 2.76. The predicted molar refractivity (Wildman–Crippen MR) is 93.2 cm³/mol. The van der Waals surface area contributed by atoms with Gasteiger partial charge in [-0.1, -0.05) is 18.2 Å². The lowest BCUT2D eigenvalue weighted by Gasteiger charge is -2.10. The highest BCUT2D eigenvalue weighted by Crippen LogP contribution is 2.20. The zero-order valence-corrected chi connectivity index (χ0v) is 13.8. The molecule has 0 atom stereocenters. The van der Waals surface area contributed by atoms with Gasteiger partial charge >= 0.3 is 5.97 Å². The van der Waals surface area contributed by atoms with Crippen molar-refractivity contribution in [2.75, 3.05) is 19.5 Å². The normalized spacial score (nSPS) is 10.5. The lowest BCUT2D eigenvalue weighted by Crippen LogP contribution is -2.11. The minimum absolute atomic E-state index is 0.282. The summed E-state index contributed by atoms with van der Waals surface area (Å²) in [6.45, 7) is 1.76. The molecule has 0 unspecified atom stereocenters. The van der Waals surface area contributed by atoms with Crippen LogP contribution in [0.3, 0.4) is 0 Å². The van der Waals surface area contributed by atoms with Crippen molar-refractivity contribution in [3.63, 3.8) is 0 Å². The third-order valence-electron chi connectivity index (χ3n) is 3.54. The van der Waals surface area contributed by atoms with Gasteiger partial charge < -0.3 is 14.8 Å². The van der Waals surface area contributed by atoms with E-state index in [-0.39, 0.29) is 5.91 Å². The molecule has 0 aromatic heterocycles. The second-order valence-corrected chi connectivity index (χ2v) is 5.07. The van der Waals surface area contributed by atoms with Gasteiger partial charge in [0.1, 0.15) is 5.75 Å². The minimum Gasteiger partial charge on any atom is -0.497 e. The molecule has 2 aromatic rings. The number of methoxy groups -OCH3 is 2. The Morgan fingerprint density at radius 3 is 2.38 bits per heavy atom. The number of carbonyl (C=O) groups is 2. The molecule has 5 heteroatoms. The Balaban J connectivity index is 2.09. The van der Waals surface area contributed by atoms with Gasteiger partial charge in [-0.3, -0.25) is 4.79 Å². The van der Waals surface area contributed by atoms with E-state index in [0.717, 1.165) is 11.3 Å². The first kappa shape index (κ1) is 17.3. The van der Waals surface area contributed by atoms with E-state index in [1.807, 2.05) is 24.3 Å². The molecular weight excluding hydrogens is 306 g/mol. The van der Waals surface area contributed by atoms with Crippen LogP contribution in [-0.4, -0.2) is 26.1 Å². The Hall–Kier alpha value is -3.08. The summed E-state index contributed by atoms with van der Waals surface area (Å²) in [6.07, 6.45) is 3.14. The molecule has 0 radical (unpaired) electrons. The number of esters is 1. The number of hydrogen-bond donors (Lipinski definition) is 1. The predicted octanol–water partition coefficient (Wildman–Crippen LogP) is 3.44. The van der Waals surface area contributed by atoms with E-state index >= 15 is 0 Å². The topological polar surface area (TPSA) is 64.6 Å². The highest BCUT2D eigenvalue weighted by atomic mass is 16.5. The van der Waals surface area contributed by atoms with Crippen molar-refractivity contribution in [1.29, 1.82) is 0 Å². The molecule has 124 valence electrons. The molecule has 0 spiro atoms. The number of ether oxygens (including phenoxy) is 2. The monoisotopic (exact) mass is 325 g/mol. The number of rotatable bonds is 5. The molecule has 0 aliphatic rings. The lowest BCUT2D eigenvalue weighted by molar-refractivity contribution is -0.111. The van der Waals surface area contributed by atoms with Crippen LogP contribution in [0.25, 0.3) is 6.08 Å². The van der Waals surface area contributed by atoms with Crippen LogP contribution in [0.2, 0.25) is 0 Å². The molecule has 1 amide bonds. The molecule has 0 aliphatic heterocycles. The maximum absolute atomic E-state index is 12.1. The molecule has 1 N–H and O–H groups in total. The van der Waals surface area contributed by atoms with E-state index in [4.69, 9.17) is 9.47 Å². The summed E-state index contributed by atoms with van der Waals surface area (Å²) in [5.41, 5.74) is 2.54. The fourth-order valence-corrected chi connectivity index (χ4v) is 2.16. The van der Waals surface area contributed by atoms with Crippen LogP contribution < -0.4 is 10.1 Å². The zero-order chi connectivity index (χ0) is 17.5. The molecule has 0 heterocycles. The van der Waals surface area contributed by atoms with E-state index in [2.05, 4.69) is 5.32 Å². The SMILES string of the molecule is COC(=O)c1cccc(NC(=O)/C=C/c2ccc(OC)cc2)c1C. The lowest BCUT2D eigenvalue weighted by atomic mass is 10.1. The molecule has 24 heavy (non-hydrogen) atoms. The Morgan fingerprint density at radius 1 is 1.04 bits per heavy atom. The van der Waals surface area contributed by atoms with Gasteiger partial charge in [-0.15, -0.1) is 0 Å². The Morgan fingerprint density at radius 2 is 1.75 bits per heavy atom. The fourth-order valence-electron chi connectivity index (χ4n) is 2.16. The molecule has 0 aliphatic carbocycles. The van der Waals surface area contributed by atoms with Crippen LogP contribution in [0, 0.1) is 6.92 Å². The standard InChI is InChI=1S/C19H19NO4/c1-13-16(19(22)24-3)5-4-6-17(13)20-18(21)12-9-14-7-10-15(23-2)11-8-14/h4-12H,1-3H3,(H,20,21)/b12-9+. The second kappa shape index (κ2) is 7.97. The molecule has 0 saturated carbocycles. The van der Waals surface area contributed by atoms with Crippen LogP contribution in [0.4, 0.5) is 5.69 Å². The zero-order valence-electron chi connectivity index (χ0n) is 13.8. The first-order chi connectivity index (χ1) is 11.5. The first-order valence-corrected chi connectivity index (χ1v) is 7.36. The quantitative estimate of drug-likeness (QED) is 0.675. The number of hydrogen-bond acceptors (Lipinski definition) is 4. The molecular formula is C19H19NO4. The Labute approximate surface area is 140 Å². The van der Waals surface area contributed by atoms with Crippen molar-refractivity contribution in [3.05, 3.63) is 65.2 Å². The summed E-state index contributed by atoms with van der Waals surface area (Å²) in [5.74, 6) is 0.0418. The average molecular weight is 325 g/mol. The fraction of sp³-hybridized carbons (Fsp3) is 0.158. The summed E-state index contributed by atoms with van der Waals surface area (Å²) in [6, 6.07) is 12.4. The molecule has 0 fully saturated rings. The van der Waals surface area contributed by atoms with Gasteiger partial charge in [-0.05, 0) is 48.4 Å². The molecule has 5 nitrogen and oxygen atoms in total. The van der Waals surface area contributed by atoms with Crippen molar-refractivity contribution in [1.82, 2.24) is 0 Å². The third kappa shape index (κ3) is 4.23.